The van der Waals surface area contributed by atoms with Gasteiger partial charge in [-0.1, -0.05) is 60.7 Å². The Bertz CT molecular complexity index is 793. The summed E-state index contributed by atoms with van der Waals surface area (Å²) >= 11 is 0. The van der Waals surface area contributed by atoms with Crippen molar-refractivity contribution in [1.82, 2.24) is 0 Å². The van der Waals surface area contributed by atoms with Gasteiger partial charge in [-0.25, -0.2) is 0 Å². The number of rotatable bonds is 3. The van der Waals surface area contributed by atoms with Crippen molar-refractivity contribution in [2.75, 3.05) is 0 Å². The average Bonchev–Trinajstić information content (AvgIpc) is 2.91. The largest absolute Gasteiger partial charge is 0.369 e. The highest BCUT2D eigenvalue weighted by Gasteiger charge is 2.46. The Labute approximate surface area is 143 Å². The predicted molar refractivity (Wildman–Crippen MR) is 98.2 cm³/mol. The van der Waals surface area contributed by atoms with E-state index in [4.69, 9.17) is 5.73 Å². The van der Waals surface area contributed by atoms with E-state index in [1.54, 1.807) is 0 Å². The van der Waals surface area contributed by atoms with Crippen LogP contribution in [-0.4, -0.2) is 5.91 Å². The van der Waals surface area contributed by atoms with Crippen LogP contribution in [0.25, 0.3) is 12.2 Å². The monoisotopic (exact) mass is 317 g/mol. The number of benzene rings is 2. The molecule has 1 saturated carbocycles. The molecule has 24 heavy (non-hydrogen) atoms. The van der Waals surface area contributed by atoms with Crippen molar-refractivity contribution in [3.8, 4) is 0 Å². The van der Waals surface area contributed by atoms with Gasteiger partial charge in [0.05, 0.1) is 5.41 Å². The van der Waals surface area contributed by atoms with E-state index in [9.17, 15) is 4.79 Å². The van der Waals surface area contributed by atoms with Gasteiger partial charge < -0.3 is 5.73 Å². The number of carbonyl (C=O) groups is 1. The lowest BCUT2D eigenvalue weighted by Gasteiger charge is -2.25. The van der Waals surface area contributed by atoms with Gasteiger partial charge in [0.25, 0.3) is 0 Å². The molecule has 122 valence electrons. The summed E-state index contributed by atoms with van der Waals surface area (Å²) in [5, 5.41) is 0. The summed E-state index contributed by atoms with van der Waals surface area (Å²) in [4.78, 5) is 12.1. The Kier molecular flexibility index (Phi) is 3.76. The SMILES string of the molecule is NC(=O)C12CCC(Cc3ccc(C=Cc4ccccc4)cc3C1)C2. The number of hydrogen-bond acceptors (Lipinski definition) is 1. The lowest BCUT2D eigenvalue weighted by Crippen LogP contribution is -2.36. The molecule has 1 fully saturated rings. The highest BCUT2D eigenvalue weighted by molar-refractivity contribution is 5.82. The molecule has 0 heterocycles. The van der Waals surface area contributed by atoms with Crippen LogP contribution < -0.4 is 5.73 Å². The fraction of sp³-hybridized carbons (Fsp3) is 0.318. The fourth-order valence-electron chi connectivity index (χ4n) is 4.43. The molecule has 2 aliphatic carbocycles. The third-order valence-electron chi connectivity index (χ3n) is 5.77. The van der Waals surface area contributed by atoms with Crippen molar-refractivity contribution in [1.29, 1.82) is 0 Å². The molecule has 2 aliphatic rings. The van der Waals surface area contributed by atoms with E-state index >= 15 is 0 Å². The van der Waals surface area contributed by atoms with Crippen molar-refractivity contribution in [3.63, 3.8) is 0 Å². The lowest BCUT2D eigenvalue weighted by molar-refractivity contribution is -0.127. The zero-order valence-electron chi connectivity index (χ0n) is 13.9. The first-order valence-corrected chi connectivity index (χ1v) is 8.79. The summed E-state index contributed by atoms with van der Waals surface area (Å²) in [6.07, 6.45) is 9.24. The molecule has 2 aromatic rings. The van der Waals surface area contributed by atoms with E-state index in [1.165, 1.54) is 22.3 Å². The topological polar surface area (TPSA) is 43.1 Å². The second kappa shape index (κ2) is 5.94. The van der Waals surface area contributed by atoms with Crippen LogP contribution >= 0.6 is 0 Å². The van der Waals surface area contributed by atoms with Crippen molar-refractivity contribution in [2.45, 2.75) is 32.1 Å². The molecule has 2 bridgehead atoms. The van der Waals surface area contributed by atoms with E-state index in [2.05, 4.69) is 42.5 Å². The van der Waals surface area contributed by atoms with Crippen LogP contribution in [-0.2, 0) is 17.6 Å². The summed E-state index contributed by atoms with van der Waals surface area (Å²) in [6.45, 7) is 0. The van der Waals surface area contributed by atoms with E-state index in [1.807, 2.05) is 18.2 Å². The maximum absolute atomic E-state index is 12.1. The second-order valence-electron chi connectivity index (χ2n) is 7.41. The smallest absolute Gasteiger partial charge is 0.223 e. The molecular weight excluding hydrogens is 294 g/mol. The molecule has 0 saturated heterocycles. The zero-order valence-corrected chi connectivity index (χ0v) is 13.9. The Morgan fingerprint density at radius 1 is 1.04 bits per heavy atom. The molecule has 2 N–H and O–H groups in total. The van der Waals surface area contributed by atoms with Gasteiger partial charge in [-0.3, -0.25) is 4.79 Å². The van der Waals surface area contributed by atoms with E-state index in [0.717, 1.165) is 32.1 Å². The van der Waals surface area contributed by atoms with Crippen LogP contribution in [0.15, 0.2) is 48.5 Å². The van der Waals surface area contributed by atoms with E-state index in [0.29, 0.717) is 5.92 Å². The van der Waals surface area contributed by atoms with Crippen molar-refractivity contribution in [3.05, 3.63) is 70.8 Å². The van der Waals surface area contributed by atoms with Gasteiger partial charge in [0.1, 0.15) is 0 Å². The number of carbonyl (C=O) groups excluding carboxylic acids is 1. The van der Waals surface area contributed by atoms with Crippen LogP contribution in [0.3, 0.4) is 0 Å². The average molecular weight is 317 g/mol. The van der Waals surface area contributed by atoms with Crippen molar-refractivity contribution < 1.29 is 4.79 Å². The molecular formula is C22H23NO. The number of amides is 1. The van der Waals surface area contributed by atoms with Gasteiger partial charge in [0.2, 0.25) is 5.91 Å². The van der Waals surface area contributed by atoms with E-state index < -0.39 is 0 Å². The molecule has 4 rings (SSSR count). The van der Waals surface area contributed by atoms with Gasteiger partial charge >= 0.3 is 0 Å². The van der Waals surface area contributed by atoms with Crippen LogP contribution in [0.2, 0.25) is 0 Å². The van der Waals surface area contributed by atoms with Gasteiger partial charge in [-0.15, -0.1) is 0 Å². The van der Waals surface area contributed by atoms with Gasteiger partial charge in [0, 0.05) is 0 Å². The van der Waals surface area contributed by atoms with Gasteiger partial charge in [-0.05, 0) is 60.3 Å². The van der Waals surface area contributed by atoms with Crippen LogP contribution in [0, 0.1) is 11.3 Å². The normalized spacial score (nSPS) is 25.4. The van der Waals surface area contributed by atoms with Crippen molar-refractivity contribution in [2.24, 2.45) is 17.1 Å². The molecule has 2 aromatic carbocycles. The highest BCUT2D eigenvalue weighted by Crippen LogP contribution is 2.48. The minimum Gasteiger partial charge on any atom is -0.369 e. The molecule has 2 nitrogen and oxygen atoms in total. The molecule has 0 aliphatic heterocycles. The molecule has 0 radical (unpaired) electrons. The Morgan fingerprint density at radius 3 is 2.62 bits per heavy atom. The Balaban J connectivity index is 1.65. The lowest BCUT2D eigenvalue weighted by atomic mass is 9.79. The third-order valence-corrected chi connectivity index (χ3v) is 5.77. The fourth-order valence-corrected chi connectivity index (χ4v) is 4.43. The zero-order chi connectivity index (χ0) is 16.6. The number of hydrogen-bond donors (Lipinski definition) is 1. The summed E-state index contributed by atoms with van der Waals surface area (Å²) in [6, 6.07) is 17.0. The molecule has 0 aromatic heterocycles. The predicted octanol–water partition coefficient (Wildman–Crippen LogP) is 4.23. The van der Waals surface area contributed by atoms with Gasteiger partial charge in [-0.2, -0.15) is 0 Å². The number of fused-ring (bicyclic) bond motifs is 3. The quantitative estimate of drug-likeness (QED) is 0.846. The first-order chi connectivity index (χ1) is 11.6. The molecule has 1 amide bonds. The number of nitrogens with two attached hydrogens (primary N) is 1. The summed E-state index contributed by atoms with van der Waals surface area (Å²) in [7, 11) is 0. The maximum Gasteiger partial charge on any atom is 0.223 e. The minimum absolute atomic E-state index is 0.108. The van der Waals surface area contributed by atoms with Crippen LogP contribution in [0.1, 0.15) is 41.5 Å². The molecule has 2 atom stereocenters. The first kappa shape index (κ1) is 15.2. The maximum atomic E-state index is 12.1. The summed E-state index contributed by atoms with van der Waals surface area (Å²) in [5.74, 6) is 0.507. The van der Waals surface area contributed by atoms with Crippen molar-refractivity contribution >= 4 is 18.1 Å². The Morgan fingerprint density at radius 2 is 1.83 bits per heavy atom. The number of primary amides is 1. The summed E-state index contributed by atoms with van der Waals surface area (Å²) in [5.41, 5.74) is 10.6. The molecule has 2 unspecified atom stereocenters. The summed E-state index contributed by atoms with van der Waals surface area (Å²) < 4.78 is 0. The standard InChI is InChI=1S/C22H23NO/c23-21(24)22-11-10-18(14-22)13-19-9-8-17(12-20(19)15-22)7-6-16-4-2-1-3-5-16/h1-9,12,18H,10-11,13-15H2,(H2,23,24). The first-order valence-electron chi connectivity index (χ1n) is 8.79. The third kappa shape index (κ3) is 2.77. The molecule has 0 spiro atoms. The van der Waals surface area contributed by atoms with Gasteiger partial charge in [0.15, 0.2) is 0 Å². The van der Waals surface area contributed by atoms with Crippen LogP contribution in [0.5, 0.6) is 0 Å². The second-order valence-corrected chi connectivity index (χ2v) is 7.41. The minimum atomic E-state index is -0.308. The van der Waals surface area contributed by atoms with E-state index in [-0.39, 0.29) is 11.3 Å². The van der Waals surface area contributed by atoms with Crippen LogP contribution in [0.4, 0.5) is 0 Å². The highest BCUT2D eigenvalue weighted by atomic mass is 16.1. The molecule has 2 heteroatoms. The Hall–Kier alpha value is -2.35.